The fourth-order valence-electron chi connectivity index (χ4n) is 3.64. The van der Waals surface area contributed by atoms with Crippen LogP contribution in [0.5, 0.6) is 0 Å². The van der Waals surface area contributed by atoms with Crippen LogP contribution in [0, 0.1) is 5.92 Å². The highest BCUT2D eigenvalue weighted by atomic mass is 79.9. The number of anilines is 1. The van der Waals surface area contributed by atoms with Crippen LogP contribution in [0.15, 0.2) is 22.7 Å². The minimum Gasteiger partial charge on any atom is -0.398 e. The molecule has 0 radical (unpaired) electrons. The van der Waals surface area contributed by atoms with Crippen molar-refractivity contribution in [3.05, 3.63) is 28.2 Å². The number of fused-ring (bicyclic) bond motifs is 1. The predicted molar refractivity (Wildman–Crippen MR) is 79.3 cm³/mol. The highest BCUT2D eigenvalue weighted by Gasteiger charge is 2.35. The van der Waals surface area contributed by atoms with Crippen LogP contribution in [-0.4, -0.2) is 17.5 Å². The van der Waals surface area contributed by atoms with E-state index < -0.39 is 0 Å². The molecule has 2 atom stereocenters. The van der Waals surface area contributed by atoms with Crippen LogP contribution >= 0.6 is 15.9 Å². The Balaban J connectivity index is 1.76. The van der Waals surface area contributed by atoms with Crippen LogP contribution in [0.25, 0.3) is 0 Å². The lowest BCUT2D eigenvalue weighted by Crippen LogP contribution is -2.34. The summed E-state index contributed by atoms with van der Waals surface area (Å²) >= 11 is 3.64. The summed E-state index contributed by atoms with van der Waals surface area (Å²) in [4.78, 5) is 2.65. The molecule has 1 heterocycles. The lowest BCUT2D eigenvalue weighted by Gasteiger charge is -2.32. The first kappa shape index (κ1) is 12.5. The molecule has 0 aromatic heterocycles. The van der Waals surface area contributed by atoms with Gasteiger partial charge in [0.25, 0.3) is 0 Å². The van der Waals surface area contributed by atoms with Gasteiger partial charge in [-0.3, -0.25) is 4.90 Å². The number of nitrogens with two attached hydrogens (primary N) is 1. The average Bonchev–Trinajstić information content (AvgIpc) is 2.77. The number of nitrogen functional groups attached to an aromatic ring is 1. The van der Waals surface area contributed by atoms with E-state index in [9.17, 15) is 0 Å². The SMILES string of the molecule is Nc1cccc(Br)c1CN1CCC2CCCCC21. The predicted octanol–water partition coefficient (Wildman–Crippen LogP) is 3.80. The van der Waals surface area contributed by atoms with Gasteiger partial charge < -0.3 is 5.73 Å². The molecule has 3 rings (SSSR count). The maximum atomic E-state index is 6.11. The van der Waals surface area contributed by atoms with E-state index in [1.165, 1.54) is 44.2 Å². The fraction of sp³-hybridized carbons (Fsp3) is 0.600. The molecule has 1 aromatic carbocycles. The molecular weight excluding hydrogens is 288 g/mol. The van der Waals surface area contributed by atoms with Gasteiger partial charge in [-0.15, -0.1) is 0 Å². The molecule has 98 valence electrons. The molecule has 0 amide bonds. The molecule has 1 aliphatic carbocycles. The first-order chi connectivity index (χ1) is 8.75. The van der Waals surface area contributed by atoms with Crippen molar-refractivity contribution in [3.63, 3.8) is 0 Å². The van der Waals surface area contributed by atoms with Gasteiger partial charge in [0.2, 0.25) is 0 Å². The van der Waals surface area contributed by atoms with Gasteiger partial charge in [0.05, 0.1) is 0 Å². The van der Waals surface area contributed by atoms with Crippen LogP contribution in [0.1, 0.15) is 37.7 Å². The van der Waals surface area contributed by atoms with Crippen LogP contribution in [0.3, 0.4) is 0 Å². The van der Waals surface area contributed by atoms with E-state index in [-0.39, 0.29) is 0 Å². The maximum absolute atomic E-state index is 6.11. The zero-order valence-corrected chi connectivity index (χ0v) is 12.3. The van der Waals surface area contributed by atoms with Gasteiger partial charge in [0.15, 0.2) is 0 Å². The van der Waals surface area contributed by atoms with Crippen LogP contribution in [0.4, 0.5) is 5.69 Å². The molecule has 2 fully saturated rings. The number of rotatable bonds is 2. The van der Waals surface area contributed by atoms with E-state index >= 15 is 0 Å². The topological polar surface area (TPSA) is 29.3 Å². The molecule has 0 bridgehead atoms. The molecule has 3 heteroatoms. The molecule has 2 aliphatic rings. The van der Waals surface area contributed by atoms with Crippen molar-refractivity contribution in [2.45, 2.75) is 44.7 Å². The zero-order valence-electron chi connectivity index (χ0n) is 10.7. The van der Waals surface area contributed by atoms with Crippen molar-refractivity contribution in [1.82, 2.24) is 4.90 Å². The van der Waals surface area contributed by atoms with Gasteiger partial charge in [0.1, 0.15) is 0 Å². The third-order valence-corrected chi connectivity index (χ3v) is 5.38. The maximum Gasteiger partial charge on any atom is 0.0371 e. The van der Waals surface area contributed by atoms with Crippen LogP contribution in [0.2, 0.25) is 0 Å². The Bertz CT molecular complexity index is 412. The van der Waals surface area contributed by atoms with Gasteiger partial charge in [-0.25, -0.2) is 0 Å². The lowest BCUT2D eigenvalue weighted by molar-refractivity contribution is 0.176. The van der Waals surface area contributed by atoms with Gasteiger partial charge >= 0.3 is 0 Å². The second-order valence-corrected chi connectivity index (χ2v) is 6.53. The Morgan fingerprint density at radius 3 is 2.89 bits per heavy atom. The van der Waals surface area contributed by atoms with Crippen molar-refractivity contribution in [1.29, 1.82) is 0 Å². The summed E-state index contributed by atoms with van der Waals surface area (Å²) in [6, 6.07) is 6.93. The summed E-state index contributed by atoms with van der Waals surface area (Å²) in [6.45, 7) is 2.25. The first-order valence-corrected chi connectivity index (χ1v) is 7.82. The summed E-state index contributed by atoms with van der Waals surface area (Å²) in [6.07, 6.45) is 7.05. The average molecular weight is 309 g/mol. The Labute approximate surface area is 118 Å². The number of halogens is 1. The van der Waals surface area contributed by atoms with Crippen LogP contribution in [-0.2, 0) is 6.54 Å². The second kappa shape index (κ2) is 5.22. The van der Waals surface area contributed by atoms with Gasteiger partial charge in [-0.2, -0.15) is 0 Å². The van der Waals surface area contributed by atoms with Crippen molar-refractivity contribution in [2.24, 2.45) is 5.92 Å². The first-order valence-electron chi connectivity index (χ1n) is 7.02. The Morgan fingerprint density at radius 2 is 2.06 bits per heavy atom. The number of benzene rings is 1. The third kappa shape index (κ3) is 2.30. The highest BCUT2D eigenvalue weighted by molar-refractivity contribution is 9.10. The summed E-state index contributed by atoms with van der Waals surface area (Å²) in [7, 11) is 0. The molecule has 2 unspecified atom stereocenters. The minimum atomic E-state index is 0.810. The molecule has 1 aliphatic heterocycles. The summed E-state index contributed by atoms with van der Waals surface area (Å²) in [5.74, 6) is 0.947. The van der Waals surface area contributed by atoms with Crippen molar-refractivity contribution in [3.8, 4) is 0 Å². The van der Waals surface area contributed by atoms with Gasteiger partial charge in [-0.05, 0) is 43.9 Å². The Kier molecular flexibility index (Phi) is 3.62. The molecule has 1 saturated carbocycles. The van der Waals surface area contributed by atoms with Crippen molar-refractivity contribution < 1.29 is 0 Å². The summed E-state index contributed by atoms with van der Waals surface area (Å²) < 4.78 is 1.15. The number of nitrogens with zero attached hydrogens (tertiary/aromatic N) is 1. The summed E-state index contributed by atoms with van der Waals surface area (Å²) in [5, 5.41) is 0. The van der Waals surface area contributed by atoms with E-state index in [4.69, 9.17) is 5.73 Å². The Morgan fingerprint density at radius 1 is 1.22 bits per heavy atom. The van der Waals surface area contributed by atoms with Gasteiger partial charge in [-0.1, -0.05) is 34.8 Å². The van der Waals surface area contributed by atoms with E-state index in [0.29, 0.717) is 0 Å². The van der Waals surface area contributed by atoms with Crippen molar-refractivity contribution >= 4 is 21.6 Å². The highest BCUT2D eigenvalue weighted by Crippen LogP contribution is 2.38. The fourth-order valence-corrected chi connectivity index (χ4v) is 4.15. The molecule has 0 spiro atoms. The largest absolute Gasteiger partial charge is 0.398 e. The lowest BCUT2D eigenvalue weighted by atomic mass is 9.85. The number of hydrogen-bond acceptors (Lipinski definition) is 2. The Hall–Kier alpha value is -0.540. The third-order valence-electron chi connectivity index (χ3n) is 4.64. The molecular formula is C15H21BrN2. The van der Waals surface area contributed by atoms with E-state index in [2.05, 4.69) is 26.9 Å². The molecule has 1 saturated heterocycles. The molecule has 2 N–H and O–H groups in total. The molecule has 2 nitrogen and oxygen atoms in total. The van der Waals surface area contributed by atoms with Gasteiger partial charge in [0, 0.05) is 28.3 Å². The van der Waals surface area contributed by atoms with Crippen molar-refractivity contribution in [2.75, 3.05) is 12.3 Å². The minimum absolute atomic E-state index is 0.810. The standard InChI is InChI=1S/C15H21BrN2/c16-13-5-3-6-14(17)12(13)10-18-9-8-11-4-1-2-7-15(11)18/h3,5-6,11,15H,1-2,4,7-10,17H2. The quantitative estimate of drug-likeness (QED) is 0.842. The second-order valence-electron chi connectivity index (χ2n) is 5.68. The zero-order chi connectivity index (χ0) is 12.5. The smallest absolute Gasteiger partial charge is 0.0371 e. The van der Waals surface area contributed by atoms with Crippen LogP contribution < -0.4 is 5.73 Å². The monoisotopic (exact) mass is 308 g/mol. The van der Waals surface area contributed by atoms with E-state index in [0.717, 1.165) is 28.7 Å². The van der Waals surface area contributed by atoms with E-state index in [1.54, 1.807) is 0 Å². The normalized spacial score (nSPS) is 28.3. The number of likely N-dealkylation sites (tertiary alicyclic amines) is 1. The number of hydrogen-bond donors (Lipinski definition) is 1. The molecule has 18 heavy (non-hydrogen) atoms. The summed E-state index contributed by atoms with van der Waals surface area (Å²) in [5.41, 5.74) is 8.30. The van der Waals surface area contributed by atoms with E-state index in [1.807, 2.05) is 12.1 Å². The molecule has 1 aromatic rings.